The molecule has 2 N–H and O–H groups in total. The van der Waals surface area contributed by atoms with Crippen LogP contribution in [0.2, 0.25) is 5.02 Å². The highest BCUT2D eigenvalue weighted by atomic mass is 35.5. The lowest BCUT2D eigenvalue weighted by molar-refractivity contribution is 0.0663. The Kier molecular flexibility index (Phi) is 7.35. The Morgan fingerprint density at radius 1 is 1.12 bits per heavy atom. The van der Waals surface area contributed by atoms with Crippen LogP contribution in [0.25, 0.3) is 11.1 Å². The number of hydrogen-bond acceptors (Lipinski definition) is 5. The largest absolute Gasteiger partial charge is 0.472 e. The first-order valence-corrected chi connectivity index (χ1v) is 11.2. The molecule has 7 heteroatoms. The summed E-state index contributed by atoms with van der Waals surface area (Å²) in [4.78, 5) is 21.3. The van der Waals surface area contributed by atoms with E-state index >= 15 is 0 Å². The summed E-state index contributed by atoms with van der Waals surface area (Å²) in [7, 11) is 0. The van der Waals surface area contributed by atoms with Crippen LogP contribution in [0.15, 0.2) is 61.1 Å². The predicted octanol–water partition coefficient (Wildman–Crippen LogP) is 4.66. The van der Waals surface area contributed by atoms with Crippen molar-refractivity contribution in [3.8, 4) is 17.0 Å². The Hall–Kier alpha value is -2.96. The zero-order chi connectivity index (χ0) is 22.3. The smallest absolute Gasteiger partial charge is 0.252 e. The number of hydrogen-bond donors (Lipinski definition) is 2. The number of aliphatic hydroxyl groups is 1. The van der Waals surface area contributed by atoms with Crippen molar-refractivity contribution in [3.63, 3.8) is 0 Å². The van der Waals surface area contributed by atoms with E-state index in [0.29, 0.717) is 35.2 Å². The van der Waals surface area contributed by atoms with E-state index in [-0.39, 0.29) is 17.9 Å². The highest BCUT2D eigenvalue weighted by molar-refractivity contribution is 6.30. The quantitative estimate of drug-likeness (QED) is 0.546. The van der Waals surface area contributed by atoms with Crippen LogP contribution >= 0.6 is 11.6 Å². The number of pyridine rings is 2. The number of aliphatic hydroxyl groups excluding tert-OH is 1. The van der Waals surface area contributed by atoms with Crippen molar-refractivity contribution in [1.82, 2.24) is 15.3 Å². The Bertz CT molecular complexity index is 1040. The predicted molar refractivity (Wildman–Crippen MR) is 124 cm³/mol. The molecule has 2 atom stereocenters. The second-order valence-corrected chi connectivity index (χ2v) is 8.49. The van der Waals surface area contributed by atoms with Crippen LogP contribution in [0.3, 0.4) is 0 Å². The zero-order valence-corrected chi connectivity index (χ0v) is 18.5. The summed E-state index contributed by atoms with van der Waals surface area (Å²) in [5.74, 6) is 0.314. The second-order valence-electron chi connectivity index (χ2n) is 8.05. The molecule has 0 unspecified atom stereocenters. The molecule has 32 heavy (non-hydrogen) atoms. The summed E-state index contributed by atoms with van der Waals surface area (Å²) in [6, 6.07) is 12.9. The molecule has 0 bridgehead atoms. The van der Waals surface area contributed by atoms with Crippen LogP contribution in [0.5, 0.6) is 5.88 Å². The summed E-state index contributed by atoms with van der Waals surface area (Å²) in [5.41, 5.74) is 2.97. The molecule has 1 aromatic carbocycles. The molecule has 0 spiro atoms. The number of benzene rings is 1. The third kappa shape index (κ3) is 5.64. The monoisotopic (exact) mass is 451 g/mol. The van der Waals surface area contributed by atoms with Gasteiger partial charge in [-0.25, -0.2) is 4.98 Å². The van der Waals surface area contributed by atoms with Crippen LogP contribution < -0.4 is 10.1 Å². The van der Waals surface area contributed by atoms with E-state index < -0.39 is 0 Å². The normalized spacial score (nSPS) is 18.2. The van der Waals surface area contributed by atoms with Gasteiger partial charge in [0.1, 0.15) is 6.61 Å². The van der Waals surface area contributed by atoms with Crippen molar-refractivity contribution < 1.29 is 14.6 Å². The number of ether oxygens (including phenoxy) is 1. The number of rotatable bonds is 7. The van der Waals surface area contributed by atoms with Gasteiger partial charge in [0, 0.05) is 41.6 Å². The maximum Gasteiger partial charge on any atom is 0.252 e. The van der Waals surface area contributed by atoms with Gasteiger partial charge in [0.05, 0.1) is 11.7 Å². The molecule has 0 saturated heterocycles. The topological polar surface area (TPSA) is 84.3 Å². The van der Waals surface area contributed by atoms with Gasteiger partial charge in [-0.15, -0.1) is 0 Å². The van der Waals surface area contributed by atoms with E-state index in [0.717, 1.165) is 36.8 Å². The molecule has 0 radical (unpaired) electrons. The maximum atomic E-state index is 12.8. The van der Waals surface area contributed by atoms with Gasteiger partial charge in [-0.05, 0) is 54.3 Å². The fourth-order valence-electron chi connectivity index (χ4n) is 3.91. The Labute approximate surface area is 192 Å². The third-order valence-electron chi connectivity index (χ3n) is 5.79. The maximum absolute atomic E-state index is 12.8. The Balaban J connectivity index is 1.53. The number of aromatic nitrogens is 2. The Morgan fingerprint density at radius 3 is 2.62 bits per heavy atom. The number of nitrogens with zero attached hydrogens (tertiary/aromatic N) is 2. The fraction of sp³-hybridized carbons (Fsp3) is 0.320. The van der Waals surface area contributed by atoms with Gasteiger partial charge in [0.15, 0.2) is 0 Å². The Morgan fingerprint density at radius 2 is 1.88 bits per heavy atom. The van der Waals surface area contributed by atoms with Crippen molar-refractivity contribution in [2.24, 2.45) is 5.92 Å². The first-order chi connectivity index (χ1) is 15.6. The molecular weight excluding hydrogens is 426 g/mol. The summed E-state index contributed by atoms with van der Waals surface area (Å²) in [6.07, 6.45) is 8.45. The molecule has 2 heterocycles. The minimum absolute atomic E-state index is 0.0966. The van der Waals surface area contributed by atoms with Gasteiger partial charge >= 0.3 is 0 Å². The minimum atomic E-state index is -0.351. The van der Waals surface area contributed by atoms with Crippen molar-refractivity contribution in [1.29, 1.82) is 0 Å². The zero-order valence-electron chi connectivity index (χ0n) is 17.7. The van der Waals surface area contributed by atoms with Crippen molar-refractivity contribution in [3.05, 3.63) is 77.2 Å². The highest BCUT2D eigenvalue weighted by Crippen LogP contribution is 2.31. The van der Waals surface area contributed by atoms with E-state index in [1.54, 1.807) is 30.6 Å². The van der Waals surface area contributed by atoms with E-state index in [2.05, 4.69) is 15.3 Å². The molecule has 0 aliphatic heterocycles. The van der Waals surface area contributed by atoms with E-state index in [1.807, 2.05) is 24.3 Å². The summed E-state index contributed by atoms with van der Waals surface area (Å²) < 4.78 is 5.98. The molecule has 1 aliphatic carbocycles. The van der Waals surface area contributed by atoms with Crippen LogP contribution in [0.4, 0.5) is 0 Å². The van der Waals surface area contributed by atoms with Gasteiger partial charge in [-0.1, -0.05) is 36.6 Å². The van der Waals surface area contributed by atoms with E-state index in [4.69, 9.17) is 16.3 Å². The molecule has 3 aromatic rings. The third-order valence-corrected chi connectivity index (χ3v) is 6.04. The molecule has 166 valence electrons. The standard InChI is InChI=1S/C25H26ClN3O3/c26-21-7-5-18(6-8-21)22-13-20(24(31)28-14-19-3-1-2-4-23(19)30)15-29-25(22)32-16-17-9-11-27-12-10-17/h5-13,15,19,23,30H,1-4,14,16H2,(H,28,31)/t19-,23-/m0/s1. The van der Waals surface area contributed by atoms with Crippen molar-refractivity contribution in [2.75, 3.05) is 6.54 Å². The lowest BCUT2D eigenvalue weighted by atomic mass is 9.86. The number of amides is 1. The lowest BCUT2D eigenvalue weighted by Crippen LogP contribution is -2.36. The average Bonchev–Trinajstić information content (AvgIpc) is 2.83. The van der Waals surface area contributed by atoms with Gasteiger partial charge in [0.2, 0.25) is 5.88 Å². The van der Waals surface area contributed by atoms with Crippen LogP contribution in [0.1, 0.15) is 41.6 Å². The van der Waals surface area contributed by atoms with Crippen LogP contribution in [-0.4, -0.2) is 33.6 Å². The summed E-state index contributed by atoms with van der Waals surface area (Å²) in [5, 5.41) is 13.7. The number of nitrogens with one attached hydrogen (secondary N) is 1. The van der Waals surface area contributed by atoms with Crippen molar-refractivity contribution in [2.45, 2.75) is 38.4 Å². The van der Waals surface area contributed by atoms with Crippen LogP contribution in [0, 0.1) is 5.92 Å². The van der Waals surface area contributed by atoms with Gasteiger partial charge in [-0.2, -0.15) is 0 Å². The first-order valence-electron chi connectivity index (χ1n) is 10.8. The average molecular weight is 452 g/mol. The number of carbonyl (C=O) groups excluding carboxylic acids is 1. The fourth-order valence-corrected chi connectivity index (χ4v) is 4.04. The van der Waals surface area contributed by atoms with E-state index in [1.165, 1.54) is 6.20 Å². The molecule has 2 aromatic heterocycles. The van der Waals surface area contributed by atoms with Crippen molar-refractivity contribution >= 4 is 17.5 Å². The molecule has 4 rings (SSSR count). The second kappa shape index (κ2) is 10.6. The highest BCUT2D eigenvalue weighted by Gasteiger charge is 2.24. The molecule has 1 saturated carbocycles. The minimum Gasteiger partial charge on any atom is -0.472 e. The SMILES string of the molecule is O=C(NC[C@@H]1CCCC[C@@H]1O)c1cnc(OCc2ccncc2)c(-c2ccc(Cl)cc2)c1. The van der Waals surface area contributed by atoms with E-state index in [9.17, 15) is 9.90 Å². The van der Waals surface area contributed by atoms with Gasteiger partial charge in [0.25, 0.3) is 5.91 Å². The van der Waals surface area contributed by atoms with Gasteiger partial charge in [-0.3, -0.25) is 9.78 Å². The first kappa shape index (κ1) is 22.2. The summed E-state index contributed by atoms with van der Waals surface area (Å²) in [6.45, 7) is 0.789. The molecular formula is C25H26ClN3O3. The summed E-state index contributed by atoms with van der Waals surface area (Å²) >= 11 is 6.05. The number of carbonyl (C=O) groups is 1. The molecule has 1 aliphatic rings. The van der Waals surface area contributed by atoms with Crippen LogP contribution in [-0.2, 0) is 6.61 Å². The van der Waals surface area contributed by atoms with Gasteiger partial charge < -0.3 is 15.2 Å². The number of halogens is 1. The molecule has 1 amide bonds. The lowest BCUT2D eigenvalue weighted by Gasteiger charge is -2.27. The molecule has 6 nitrogen and oxygen atoms in total. The molecule has 1 fully saturated rings.